The minimum atomic E-state index is -3.77. The highest BCUT2D eigenvalue weighted by molar-refractivity contribution is 9.10. The molecular formula is C12H16BrNO5S. The van der Waals surface area contributed by atoms with Crippen LogP contribution in [-0.4, -0.2) is 37.2 Å². The fraction of sp³-hybridized carbons (Fsp3) is 0.417. The summed E-state index contributed by atoms with van der Waals surface area (Å²) >= 11 is 3.07. The molecule has 0 bridgehead atoms. The van der Waals surface area contributed by atoms with E-state index in [1.807, 2.05) is 6.92 Å². The first-order chi connectivity index (χ1) is 9.31. The molecule has 6 nitrogen and oxygen atoms in total. The molecule has 20 heavy (non-hydrogen) atoms. The van der Waals surface area contributed by atoms with Gasteiger partial charge in [-0.2, -0.15) is 0 Å². The zero-order chi connectivity index (χ0) is 15.3. The number of hydrogen-bond acceptors (Lipinski definition) is 4. The molecule has 0 fully saturated rings. The first-order valence-corrected chi connectivity index (χ1v) is 8.25. The zero-order valence-corrected chi connectivity index (χ0v) is 13.2. The lowest BCUT2D eigenvalue weighted by atomic mass is 10.2. The van der Waals surface area contributed by atoms with E-state index in [1.54, 1.807) is 0 Å². The topological polar surface area (TPSA) is 104 Å². The lowest BCUT2D eigenvalue weighted by molar-refractivity contribution is 0.0696. The van der Waals surface area contributed by atoms with Gasteiger partial charge in [0.05, 0.1) is 10.5 Å². The highest BCUT2D eigenvalue weighted by Gasteiger charge is 2.22. The Labute approximate surface area is 126 Å². The van der Waals surface area contributed by atoms with Gasteiger partial charge in [0.1, 0.15) is 0 Å². The predicted octanol–water partition coefficient (Wildman–Crippen LogP) is 1.59. The van der Waals surface area contributed by atoms with Crippen LogP contribution in [-0.2, 0) is 10.0 Å². The summed E-state index contributed by atoms with van der Waals surface area (Å²) in [5, 5.41) is 17.7. The smallest absolute Gasteiger partial charge is 0.335 e. The van der Waals surface area contributed by atoms with Gasteiger partial charge in [0.2, 0.25) is 10.0 Å². The van der Waals surface area contributed by atoms with Crippen LogP contribution in [0.5, 0.6) is 0 Å². The predicted molar refractivity (Wildman–Crippen MR) is 77.2 cm³/mol. The fourth-order valence-corrected chi connectivity index (χ4v) is 4.07. The highest BCUT2D eigenvalue weighted by Crippen LogP contribution is 2.23. The van der Waals surface area contributed by atoms with E-state index < -0.39 is 16.0 Å². The van der Waals surface area contributed by atoms with Gasteiger partial charge in [-0.05, 0) is 47.0 Å². The number of aromatic carboxylic acids is 1. The van der Waals surface area contributed by atoms with E-state index in [9.17, 15) is 13.2 Å². The summed E-state index contributed by atoms with van der Waals surface area (Å²) < 4.78 is 27.1. The fourth-order valence-electron chi connectivity index (χ4n) is 1.64. The minimum absolute atomic E-state index is 0.00164. The van der Waals surface area contributed by atoms with Crippen LogP contribution in [0.25, 0.3) is 0 Å². The van der Waals surface area contributed by atoms with Crippen molar-refractivity contribution in [2.45, 2.75) is 30.7 Å². The number of hydrogen-bond donors (Lipinski definition) is 3. The Hall–Kier alpha value is -0.960. The third-order valence-corrected chi connectivity index (χ3v) is 5.26. The van der Waals surface area contributed by atoms with E-state index in [-0.39, 0.29) is 27.6 Å². The number of carboxylic acids is 1. The standard InChI is InChI=1S/C12H16BrNO5S/c1-2-9(5-6-15)14-20(18,19)11-4-3-8(12(16)17)7-10(11)13/h3-4,7,9,14-15H,2,5-6H2,1H3,(H,16,17). The largest absolute Gasteiger partial charge is 0.478 e. The third-order valence-electron chi connectivity index (χ3n) is 2.76. The van der Waals surface area contributed by atoms with E-state index in [0.717, 1.165) is 0 Å². The maximum Gasteiger partial charge on any atom is 0.335 e. The van der Waals surface area contributed by atoms with Crippen molar-refractivity contribution >= 4 is 31.9 Å². The normalized spacial score (nSPS) is 13.2. The summed E-state index contributed by atoms with van der Waals surface area (Å²) in [6.45, 7) is 1.70. The second kappa shape index (κ2) is 7.16. The van der Waals surface area contributed by atoms with Gasteiger partial charge < -0.3 is 10.2 Å². The van der Waals surface area contributed by atoms with Crippen LogP contribution in [0.1, 0.15) is 30.1 Å². The number of carboxylic acid groups (broad SMARTS) is 1. The van der Waals surface area contributed by atoms with Crippen molar-refractivity contribution in [1.29, 1.82) is 0 Å². The number of benzene rings is 1. The Bertz CT molecular complexity index is 588. The minimum Gasteiger partial charge on any atom is -0.478 e. The number of sulfonamides is 1. The molecule has 0 aromatic heterocycles. The number of carbonyl (C=O) groups is 1. The summed E-state index contributed by atoms with van der Waals surface area (Å²) in [7, 11) is -3.77. The van der Waals surface area contributed by atoms with Crippen LogP contribution in [0.4, 0.5) is 0 Å². The van der Waals surface area contributed by atoms with Gasteiger partial charge in [-0.1, -0.05) is 6.92 Å². The van der Waals surface area contributed by atoms with Crippen molar-refractivity contribution in [3.8, 4) is 0 Å². The molecule has 0 saturated carbocycles. The lowest BCUT2D eigenvalue weighted by Gasteiger charge is -2.16. The third kappa shape index (κ3) is 4.27. The highest BCUT2D eigenvalue weighted by atomic mass is 79.9. The Morgan fingerprint density at radius 3 is 2.55 bits per heavy atom. The van der Waals surface area contributed by atoms with Crippen LogP contribution in [0.15, 0.2) is 27.6 Å². The maximum absolute atomic E-state index is 12.2. The molecule has 0 spiro atoms. The van der Waals surface area contributed by atoms with Gasteiger partial charge >= 0.3 is 5.97 Å². The van der Waals surface area contributed by atoms with Crippen molar-refractivity contribution in [2.24, 2.45) is 0 Å². The summed E-state index contributed by atoms with van der Waals surface area (Å²) in [6.07, 6.45) is 0.866. The van der Waals surface area contributed by atoms with E-state index in [1.165, 1.54) is 18.2 Å². The van der Waals surface area contributed by atoms with Gasteiger partial charge in [0, 0.05) is 17.1 Å². The van der Waals surface area contributed by atoms with Gasteiger partial charge in [-0.25, -0.2) is 17.9 Å². The first-order valence-electron chi connectivity index (χ1n) is 5.97. The van der Waals surface area contributed by atoms with Crippen LogP contribution < -0.4 is 4.72 Å². The quantitative estimate of drug-likeness (QED) is 0.680. The average Bonchev–Trinajstić information content (AvgIpc) is 2.37. The summed E-state index contributed by atoms with van der Waals surface area (Å²) in [5.41, 5.74) is -0.00164. The van der Waals surface area contributed by atoms with E-state index >= 15 is 0 Å². The molecule has 0 radical (unpaired) electrons. The van der Waals surface area contributed by atoms with Gasteiger partial charge in [-0.3, -0.25) is 0 Å². The molecule has 0 aliphatic rings. The molecule has 1 rings (SSSR count). The molecule has 0 heterocycles. The van der Waals surface area contributed by atoms with Crippen molar-refractivity contribution in [3.63, 3.8) is 0 Å². The number of rotatable bonds is 7. The molecule has 1 atom stereocenters. The van der Waals surface area contributed by atoms with Crippen LogP contribution >= 0.6 is 15.9 Å². The summed E-state index contributed by atoms with van der Waals surface area (Å²) in [5.74, 6) is -1.13. The maximum atomic E-state index is 12.2. The number of nitrogens with one attached hydrogen (secondary N) is 1. The second-order valence-electron chi connectivity index (χ2n) is 4.19. The molecular weight excluding hydrogens is 350 g/mol. The molecule has 112 valence electrons. The average molecular weight is 366 g/mol. The number of aliphatic hydroxyl groups excluding tert-OH is 1. The van der Waals surface area contributed by atoms with Crippen molar-refractivity contribution in [3.05, 3.63) is 28.2 Å². The Morgan fingerprint density at radius 2 is 2.10 bits per heavy atom. The second-order valence-corrected chi connectivity index (χ2v) is 6.73. The van der Waals surface area contributed by atoms with E-state index in [0.29, 0.717) is 12.8 Å². The Kier molecular flexibility index (Phi) is 6.12. The zero-order valence-electron chi connectivity index (χ0n) is 10.8. The van der Waals surface area contributed by atoms with Gasteiger partial charge in [0.25, 0.3) is 0 Å². The van der Waals surface area contributed by atoms with Crippen molar-refractivity contribution in [2.75, 3.05) is 6.61 Å². The molecule has 0 aliphatic carbocycles. The monoisotopic (exact) mass is 365 g/mol. The molecule has 0 amide bonds. The van der Waals surface area contributed by atoms with E-state index in [4.69, 9.17) is 10.2 Å². The van der Waals surface area contributed by atoms with Crippen molar-refractivity contribution in [1.82, 2.24) is 4.72 Å². The number of halogens is 1. The number of aliphatic hydroxyl groups is 1. The molecule has 1 aromatic carbocycles. The molecule has 1 unspecified atom stereocenters. The van der Waals surface area contributed by atoms with Crippen molar-refractivity contribution < 1.29 is 23.4 Å². The first kappa shape index (κ1) is 17.1. The summed E-state index contributed by atoms with van der Waals surface area (Å²) in [6, 6.07) is 3.34. The van der Waals surface area contributed by atoms with Crippen LogP contribution in [0.2, 0.25) is 0 Å². The van der Waals surface area contributed by atoms with Crippen LogP contribution in [0, 0.1) is 0 Å². The Morgan fingerprint density at radius 1 is 1.45 bits per heavy atom. The lowest BCUT2D eigenvalue weighted by Crippen LogP contribution is -2.35. The molecule has 0 saturated heterocycles. The molecule has 0 aliphatic heterocycles. The molecule has 1 aromatic rings. The van der Waals surface area contributed by atoms with E-state index in [2.05, 4.69) is 20.7 Å². The SMILES string of the molecule is CCC(CCO)NS(=O)(=O)c1ccc(C(=O)O)cc1Br. The van der Waals surface area contributed by atoms with Gasteiger partial charge in [-0.15, -0.1) is 0 Å². The summed E-state index contributed by atoms with van der Waals surface area (Å²) in [4.78, 5) is 10.8. The molecule has 3 N–H and O–H groups in total. The van der Waals surface area contributed by atoms with Gasteiger partial charge in [0.15, 0.2) is 0 Å². The molecule has 8 heteroatoms. The Balaban J connectivity index is 3.06. The van der Waals surface area contributed by atoms with Crippen LogP contribution in [0.3, 0.4) is 0 Å².